The van der Waals surface area contributed by atoms with Gasteiger partial charge in [-0.2, -0.15) is 0 Å². The predicted molar refractivity (Wildman–Crippen MR) is 300 cm³/mol. The quantitative estimate of drug-likeness (QED) is 0.254. The number of carbonyl (C=O) groups is 2. The number of nitrogens with two attached hydrogens (primary N) is 1. The number of rotatable bonds is 1. The van der Waals surface area contributed by atoms with E-state index < -0.39 is 0 Å². The summed E-state index contributed by atoms with van der Waals surface area (Å²) in [5.41, 5.74) is 22.9. The lowest BCUT2D eigenvalue weighted by Crippen LogP contribution is -2.60. The third-order valence-corrected chi connectivity index (χ3v) is 25.3. The number of aromatic hydroxyl groups is 1. The van der Waals surface area contributed by atoms with Crippen LogP contribution in [0.25, 0.3) is 0 Å². The zero-order valence-corrected chi connectivity index (χ0v) is 48.9. The summed E-state index contributed by atoms with van der Waals surface area (Å²) in [6, 6.07) is 13.6. The zero-order valence-electron chi connectivity index (χ0n) is 48.9. The summed E-state index contributed by atoms with van der Waals surface area (Å²) in [4.78, 5) is 25.2. The molecule has 9 aliphatic rings. The highest BCUT2D eigenvalue weighted by Gasteiger charge is 2.66. The summed E-state index contributed by atoms with van der Waals surface area (Å²) in [5, 5.41) is 10.1. The van der Waals surface area contributed by atoms with Crippen LogP contribution < -0.4 is 10.5 Å². The van der Waals surface area contributed by atoms with Crippen LogP contribution >= 0.6 is 0 Å². The van der Waals surface area contributed by atoms with Crippen molar-refractivity contribution < 1.29 is 19.4 Å². The lowest BCUT2D eigenvalue weighted by atomic mass is 9.42. The Morgan fingerprint density at radius 2 is 0.877 bits per heavy atom. The molecule has 3 N–H and O–H groups in total. The number of aryl methyl sites for hydroxylation is 4. The molecule has 5 nitrogen and oxygen atoms in total. The van der Waals surface area contributed by atoms with Gasteiger partial charge in [0.1, 0.15) is 23.1 Å². The number of phenolic OH excluding ortho intramolecular Hbond substituents is 1. The van der Waals surface area contributed by atoms with Gasteiger partial charge in [-0.05, 0) is 259 Å². The lowest BCUT2D eigenvalue weighted by Gasteiger charge is -2.62. The number of hydrogen-bond donors (Lipinski definition) is 2. The van der Waals surface area contributed by atoms with Crippen molar-refractivity contribution in [3.05, 3.63) is 92.0 Å². The molecule has 0 spiro atoms. The van der Waals surface area contributed by atoms with Gasteiger partial charge in [-0.25, -0.2) is 0 Å². The van der Waals surface area contributed by atoms with E-state index in [-0.39, 0.29) is 32.5 Å². The zero-order chi connectivity index (χ0) is 53.2. The molecule has 0 bridgehead atoms. The first-order valence-electron chi connectivity index (χ1n) is 29.3. The summed E-state index contributed by atoms with van der Waals surface area (Å²) in [7, 11) is 1.76. The summed E-state index contributed by atoms with van der Waals surface area (Å²) in [6.45, 7) is 37.7. The van der Waals surface area contributed by atoms with Gasteiger partial charge in [-0.3, -0.25) is 9.59 Å². The Morgan fingerprint density at radius 3 is 1.34 bits per heavy atom. The van der Waals surface area contributed by atoms with E-state index in [2.05, 4.69) is 135 Å². The number of ether oxygens (including phenoxy) is 1. The van der Waals surface area contributed by atoms with Gasteiger partial charge in [-0.15, -0.1) is 0 Å². The van der Waals surface area contributed by atoms with E-state index >= 15 is 0 Å². The Bertz CT molecular complexity index is 2760. The Balaban J connectivity index is 0.000000126. The molecule has 0 saturated heterocycles. The number of fused-ring (bicyclic) bond motifs is 15. The van der Waals surface area contributed by atoms with E-state index in [1.807, 2.05) is 12.1 Å². The van der Waals surface area contributed by atoms with Crippen molar-refractivity contribution in [3.63, 3.8) is 0 Å². The van der Waals surface area contributed by atoms with Crippen molar-refractivity contribution in [1.29, 1.82) is 0 Å². The molecule has 0 amide bonds. The molecule has 3 aromatic rings. The van der Waals surface area contributed by atoms with E-state index in [1.54, 1.807) is 23.8 Å². The molecule has 13 atom stereocenters. The molecule has 3 aromatic carbocycles. The first kappa shape index (κ1) is 53.0. The molecule has 6 saturated carbocycles. The average Bonchev–Trinajstić information content (AvgIpc) is 3.91. The molecule has 5 heteroatoms. The van der Waals surface area contributed by atoms with Crippen LogP contribution in [-0.2, 0) is 45.1 Å². The average molecular weight is 993 g/mol. The van der Waals surface area contributed by atoms with Crippen molar-refractivity contribution in [2.24, 2.45) is 73.7 Å². The van der Waals surface area contributed by atoms with Crippen LogP contribution in [0, 0.1) is 95.7 Å². The van der Waals surface area contributed by atoms with Crippen LogP contribution in [0.3, 0.4) is 0 Å². The number of Topliss-reactive ketones (excluding diaryl/α,β-unsaturated/α-hetero) is 2. The van der Waals surface area contributed by atoms with Crippen molar-refractivity contribution in [1.82, 2.24) is 0 Å². The highest BCUT2D eigenvalue weighted by atomic mass is 16.5. The van der Waals surface area contributed by atoms with Crippen LogP contribution in [0.5, 0.6) is 11.5 Å². The van der Waals surface area contributed by atoms with Gasteiger partial charge < -0.3 is 15.6 Å². The molecule has 13 unspecified atom stereocenters. The van der Waals surface area contributed by atoms with Crippen molar-refractivity contribution in [2.75, 3.05) is 7.11 Å². The topological polar surface area (TPSA) is 89.6 Å². The molecule has 6 fully saturated rings. The molecule has 0 aromatic heterocycles. The molecular formula is C68H97NO4. The number of hydrogen-bond acceptors (Lipinski definition) is 5. The molecular weight excluding hydrogens is 895 g/mol. The maximum atomic E-state index is 12.6. The van der Waals surface area contributed by atoms with Gasteiger partial charge in [-0.1, -0.05) is 101 Å². The summed E-state index contributed by atoms with van der Waals surface area (Å²) < 4.78 is 5.54. The number of benzene rings is 3. The number of ketones is 2. The minimum absolute atomic E-state index is 0.145. The second-order valence-corrected chi connectivity index (χ2v) is 30.0. The fraction of sp³-hybridized carbons (Fsp3) is 0.706. The van der Waals surface area contributed by atoms with Crippen LogP contribution in [0.4, 0.5) is 0 Å². The van der Waals surface area contributed by atoms with Gasteiger partial charge in [0, 0.05) is 29.7 Å². The first-order chi connectivity index (χ1) is 33.8. The summed E-state index contributed by atoms with van der Waals surface area (Å²) >= 11 is 0. The van der Waals surface area contributed by atoms with Crippen LogP contribution in [0.1, 0.15) is 216 Å². The Kier molecular flexibility index (Phi) is 12.4. The molecule has 73 heavy (non-hydrogen) atoms. The highest BCUT2D eigenvalue weighted by Crippen LogP contribution is 2.71. The second kappa shape index (κ2) is 17.0. The molecule has 0 aliphatic heterocycles. The van der Waals surface area contributed by atoms with Gasteiger partial charge in [0.15, 0.2) is 0 Å². The number of phenols is 1. The molecule has 12 rings (SSSR count). The lowest BCUT2D eigenvalue weighted by molar-refractivity contribution is -0.152. The molecule has 0 radical (unpaired) electrons. The van der Waals surface area contributed by atoms with E-state index in [9.17, 15) is 14.7 Å². The minimum Gasteiger partial charge on any atom is -0.508 e. The predicted octanol–water partition coefficient (Wildman–Crippen LogP) is 15.5. The van der Waals surface area contributed by atoms with E-state index in [0.717, 1.165) is 50.7 Å². The minimum atomic E-state index is -0.171. The number of methoxy groups -OCH3 is 1. The normalized spacial score (nSPS) is 40.5. The van der Waals surface area contributed by atoms with Gasteiger partial charge >= 0.3 is 0 Å². The Morgan fingerprint density at radius 1 is 0.479 bits per heavy atom. The SMILES string of the molecule is COc1cc(C)c2c(c1)CC1C2(C)CCC2C(C)(C)C(=O)CCC21C.Cc1cc(C)c2c(c1)CC1C2(C)CCC2C(C)(C)C(=O)CCC21C.Cc1cc(O)cc2c1C1(C)CCC3C(C)(C)C(N)CCC3(C)C1C2. The van der Waals surface area contributed by atoms with Crippen molar-refractivity contribution >= 4 is 11.6 Å². The molecule has 9 aliphatic carbocycles. The third kappa shape index (κ3) is 7.40. The monoisotopic (exact) mass is 992 g/mol. The Hall–Kier alpha value is -3.44. The Labute approximate surface area is 442 Å². The van der Waals surface area contributed by atoms with E-state index in [4.69, 9.17) is 10.5 Å². The van der Waals surface area contributed by atoms with Gasteiger partial charge in [0.05, 0.1) is 7.11 Å². The number of carbonyl (C=O) groups excluding carboxylic acids is 2. The van der Waals surface area contributed by atoms with Gasteiger partial charge in [0.25, 0.3) is 0 Å². The summed E-state index contributed by atoms with van der Waals surface area (Å²) in [6.07, 6.45) is 16.9. The summed E-state index contributed by atoms with van der Waals surface area (Å²) in [5.74, 6) is 6.14. The molecule has 398 valence electrons. The largest absolute Gasteiger partial charge is 0.508 e. The highest BCUT2D eigenvalue weighted by molar-refractivity contribution is 5.86. The van der Waals surface area contributed by atoms with E-state index in [1.165, 1.54) is 90.3 Å². The third-order valence-electron chi connectivity index (χ3n) is 25.3. The standard InChI is InChI=1S/C23H32O2.C23H32O.C22H33NO/c1-14-11-16(25-6)12-15-13-18-22(4)10-8-19(24)21(2,3)17(22)7-9-23(18,5)20(14)15;1-14-11-15(2)20-16(12-14)13-18-22(5)10-8-19(24)21(3,4)17(22)7-9-23(18,20)6;1-13-10-15(24)11-14-12-17-21(4)9-7-18(23)20(2,3)16(21)6-8-22(17,5)19(13)14/h11-12,17-18H,7-10,13H2,1-6H3;11-12,17-18H,7-10,13H2,1-6H3;10-11,16-18,24H,6-9,12,23H2,1-5H3. The van der Waals surface area contributed by atoms with E-state index in [0.29, 0.717) is 75.1 Å². The second-order valence-electron chi connectivity index (χ2n) is 30.0. The van der Waals surface area contributed by atoms with Crippen LogP contribution in [-0.4, -0.2) is 29.8 Å². The van der Waals surface area contributed by atoms with Crippen LogP contribution in [0.2, 0.25) is 0 Å². The molecule has 0 heterocycles. The fourth-order valence-corrected chi connectivity index (χ4v) is 22.0. The van der Waals surface area contributed by atoms with Crippen molar-refractivity contribution in [3.8, 4) is 11.5 Å². The smallest absolute Gasteiger partial charge is 0.138 e. The van der Waals surface area contributed by atoms with Crippen LogP contribution in [0.15, 0.2) is 36.4 Å². The maximum Gasteiger partial charge on any atom is 0.138 e. The fourth-order valence-electron chi connectivity index (χ4n) is 22.0. The first-order valence-corrected chi connectivity index (χ1v) is 29.3. The van der Waals surface area contributed by atoms with Crippen molar-refractivity contribution in [2.45, 2.75) is 229 Å². The maximum absolute atomic E-state index is 12.6. The van der Waals surface area contributed by atoms with Gasteiger partial charge in [0.2, 0.25) is 0 Å².